The smallest absolute Gasteiger partial charge is 0.269 e. The van der Waals surface area contributed by atoms with Crippen LogP contribution >= 0.6 is 11.8 Å². The number of carbonyl (C=O) groups is 2. The van der Waals surface area contributed by atoms with Crippen molar-refractivity contribution >= 4 is 34.8 Å². The maximum atomic E-state index is 12.4. The molecule has 0 aromatic heterocycles. The van der Waals surface area contributed by atoms with E-state index < -0.39 is 10.8 Å². The normalized spacial score (nSPS) is 14.5. The molecule has 0 atom stereocenters. The molecule has 7 heteroatoms. The highest BCUT2D eigenvalue weighted by atomic mass is 32.2. The zero-order valence-electron chi connectivity index (χ0n) is 12.6. The standard InChI is InChI=1S/C17H12N2O4S/c1-18-16(20)14(11-7-9-12(10-8-11)19(22)23)15(17(18)21)24-13-5-3-2-4-6-13/h2-10H,1H3. The Morgan fingerprint density at radius 2 is 1.58 bits per heavy atom. The number of hydrogen-bond donors (Lipinski definition) is 0. The molecule has 2 aromatic rings. The molecule has 2 aromatic carbocycles. The van der Waals surface area contributed by atoms with Gasteiger partial charge in [0.1, 0.15) is 0 Å². The van der Waals surface area contributed by atoms with E-state index in [-0.39, 0.29) is 17.2 Å². The molecule has 0 radical (unpaired) electrons. The van der Waals surface area contributed by atoms with Crippen LogP contribution in [0.2, 0.25) is 0 Å². The molecule has 1 heterocycles. The van der Waals surface area contributed by atoms with Crippen molar-refractivity contribution in [3.63, 3.8) is 0 Å². The number of nitro benzene ring substituents is 1. The van der Waals surface area contributed by atoms with Crippen LogP contribution in [-0.2, 0) is 9.59 Å². The molecular weight excluding hydrogens is 328 g/mol. The predicted molar refractivity (Wildman–Crippen MR) is 90.1 cm³/mol. The molecule has 0 fully saturated rings. The van der Waals surface area contributed by atoms with Crippen molar-refractivity contribution in [2.75, 3.05) is 7.05 Å². The second-order valence-corrected chi connectivity index (χ2v) is 6.18. The van der Waals surface area contributed by atoms with Crippen LogP contribution < -0.4 is 0 Å². The van der Waals surface area contributed by atoms with Gasteiger partial charge < -0.3 is 0 Å². The Morgan fingerprint density at radius 1 is 0.958 bits per heavy atom. The summed E-state index contributed by atoms with van der Waals surface area (Å²) < 4.78 is 0. The molecule has 1 aliphatic heterocycles. The van der Waals surface area contributed by atoms with Crippen molar-refractivity contribution in [1.82, 2.24) is 4.90 Å². The van der Waals surface area contributed by atoms with E-state index in [1.807, 2.05) is 30.3 Å². The summed E-state index contributed by atoms with van der Waals surface area (Å²) in [6, 6.07) is 14.9. The molecule has 2 amide bonds. The van der Waals surface area contributed by atoms with Gasteiger partial charge in [0.05, 0.1) is 15.4 Å². The highest BCUT2D eigenvalue weighted by Gasteiger charge is 2.37. The number of nitro groups is 1. The summed E-state index contributed by atoms with van der Waals surface area (Å²) in [5, 5.41) is 10.8. The Balaban J connectivity index is 2.06. The van der Waals surface area contributed by atoms with Gasteiger partial charge in [0.15, 0.2) is 0 Å². The fourth-order valence-electron chi connectivity index (χ4n) is 2.32. The average molecular weight is 340 g/mol. The van der Waals surface area contributed by atoms with Gasteiger partial charge in [-0.15, -0.1) is 0 Å². The molecule has 0 aliphatic carbocycles. The van der Waals surface area contributed by atoms with Crippen molar-refractivity contribution < 1.29 is 14.5 Å². The van der Waals surface area contributed by atoms with Crippen LogP contribution in [0.3, 0.4) is 0 Å². The molecule has 0 spiro atoms. The molecule has 1 aliphatic rings. The zero-order valence-corrected chi connectivity index (χ0v) is 13.4. The van der Waals surface area contributed by atoms with Gasteiger partial charge in [-0.05, 0) is 29.8 Å². The number of non-ortho nitro benzene ring substituents is 1. The van der Waals surface area contributed by atoms with Gasteiger partial charge in [-0.25, -0.2) is 0 Å². The fourth-order valence-corrected chi connectivity index (χ4v) is 3.38. The number of thioether (sulfide) groups is 1. The van der Waals surface area contributed by atoms with Crippen LogP contribution in [0.5, 0.6) is 0 Å². The average Bonchev–Trinajstić information content (AvgIpc) is 2.80. The monoisotopic (exact) mass is 340 g/mol. The third kappa shape index (κ3) is 2.81. The lowest BCUT2D eigenvalue weighted by Gasteiger charge is -2.06. The summed E-state index contributed by atoms with van der Waals surface area (Å²) in [4.78, 5) is 37.3. The van der Waals surface area contributed by atoms with Crippen molar-refractivity contribution in [2.24, 2.45) is 0 Å². The van der Waals surface area contributed by atoms with Crippen molar-refractivity contribution in [2.45, 2.75) is 4.90 Å². The minimum absolute atomic E-state index is 0.0678. The predicted octanol–water partition coefficient (Wildman–Crippen LogP) is 3.10. The molecule has 3 rings (SSSR count). The second-order valence-electron chi connectivity index (χ2n) is 5.09. The largest absolute Gasteiger partial charge is 0.277 e. The fraction of sp³-hybridized carbons (Fsp3) is 0.0588. The van der Waals surface area contributed by atoms with Gasteiger partial charge in [-0.2, -0.15) is 0 Å². The number of amides is 2. The van der Waals surface area contributed by atoms with E-state index in [0.717, 1.165) is 9.80 Å². The number of likely N-dealkylation sites (N-methyl/N-ethyl adjacent to an activating group) is 1. The number of imide groups is 1. The van der Waals surface area contributed by atoms with Gasteiger partial charge in [0, 0.05) is 24.1 Å². The van der Waals surface area contributed by atoms with E-state index >= 15 is 0 Å². The van der Waals surface area contributed by atoms with Crippen LogP contribution in [0.4, 0.5) is 5.69 Å². The Bertz CT molecular complexity index is 860. The lowest BCUT2D eigenvalue weighted by molar-refractivity contribution is -0.384. The zero-order chi connectivity index (χ0) is 17.3. The summed E-state index contributed by atoms with van der Waals surface area (Å²) in [7, 11) is 1.43. The van der Waals surface area contributed by atoms with Gasteiger partial charge in [0.2, 0.25) is 0 Å². The Hall–Kier alpha value is -2.93. The molecule has 0 saturated carbocycles. The van der Waals surface area contributed by atoms with E-state index in [1.54, 1.807) is 0 Å². The van der Waals surface area contributed by atoms with Crippen LogP contribution in [0.1, 0.15) is 5.56 Å². The third-order valence-electron chi connectivity index (χ3n) is 3.57. The minimum atomic E-state index is -0.508. The van der Waals surface area contributed by atoms with Crippen molar-refractivity contribution in [1.29, 1.82) is 0 Å². The van der Waals surface area contributed by atoms with Gasteiger partial charge in [-0.3, -0.25) is 24.6 Å². The number of rotatable bonds is 4. The van der Waals surface area contributed by atoms with Crippen LogP contribution in [0.15, 0.2) is 64.4 Å². The first-order chi connectivity index (χ1) is 11.5. The first kappa shape index (κ1) is 15.9. The molecule has 24 heavy (non-hydrogen) atoms. The number of nitrogens with zero attached hydrogens (tertiary/aromatic N) is 2. The molecule has 0 N–H and O–H groups in total. The molecule has 0 unspecified atom stereocenters. The highest BCUT2D eigenvalue weighted by Crippen LogP contribution is 2.39. The highest BCUT2D eigenvalue weighted by molar-refractivity contribution is 8.04. The Labute approximate surface area is 141 Å². The summed E-state index contributed by atoms with van der Waals surface area (Å²) in [6.45, 7) is 0. The molecule has 6 nitrogen and oxygen atoms in total. The SMILES string of the molecule is CN1C(=O)C(Sc2ccccc2)=C(c2ccc([N+](=O)[O-])cc2)C1=O. The van der Waals surface area contributed by atoms with E-state index in [1.165, 1.54) is 43.1 Å². The minimum Gasteiger partial charge on any atom is -0.277 e. The second kappa shape index (κ2) is 6.29. The molecule has 120 valence electrons. The third-order valence-corrected chi connectivity index (χ3v) is 4.67. The van der Waals surface area contributed by atoms with E-state index in [9.17, 15) is 19.7 Å². The summed E-state index contributed by atoms with van der Waals surface area (Å²) in [5.41, 5.74) is 0.690. The first-order valence-corrected chi connectivity index (χ1v) is 7.85. The van der Waals surface area contributed by atoms with Crippen LogP contribution in [0.25, 0.3) is 5.57 Å². The summed E-state index contributed by atoms with van der Waals surface area (Å²) in [6.07, 6.45) is 0. The summed E-state index contributed by atoms with van der Waals surface area (Å²) in [5.74, 6) is -0.783. The lowest BCUT2D eigenvalue weighted by Crippen LogP contribution is -2.26. The van der Waals surface area contributed by atoms with Crippen LogP contribution in [-0.4, -0.2) is 28.7 Å². The Morgan fingerprint density at radius 3 is 2.17 bits per heavy atom. The van der Waals surface area contributed by atoms with E-state index in [4.69, 9.17) is 0 Å². The molecular formula is C17H12N2O4S. The van der Waals surface area contributed by atoms with Crippen molar-refractivity contribution in [3.8, 4) is 0 Å². The van der Waals surface area contributed by atoms with E-state index in [2.05, 4.69) is 0 Å². The van der Waals surface area contributed by atoms with Gasteiger partial charge >= 0.3 is 0 Å². The number of hydrogen-bond acceptors (Lipinski definition) is 5. The van der Waals surface area contributed by atoms with Gasteiger partial charge in [-0.1, -0.05) is 30.0 Å². The summed E-state index contributed by atoms with van der Waals surface area (Å²) >= 11 is 1.21. The first-order valence-electron chi connectivity index (χ1n) is 7.03. The van der Waals surface area contributed by atoms with Gasteiger partial charge in [0.25, 0.3) is 17.5 Å². The topological polar surface area (TPSA) is 80.5 Å². The van der Waals surface area contributed by atoms with Crippen LogP contribution in [0, 0.1) is 10.1 Å². The lowest BCUT2D eigenvalue weighted by atomic mass is 10.1. The quantitative estimate of drug-likeness (QED) is 0.485. The maximum absolute atomic E-state index is 12.4. The molecule has 0 saturated heterocycles. The maximum Gasteiger partial charge on any atom is 0.269 e. The molecule has 0 bridgehead atoms. The van der Waals surface area contributed by atoms with Crippen molar-refractivity contribution in [3.05, 3.63) is 75.2 Å². The van der Waals surface area contributed by atoms with E-state index in [0.29, 0.717) is 10.5 Å². The number of carbonyl (C=O) groups excluding carboxylic acids is 2. The number of benzene rings is 2. The Kier molecular flexibility index (Phi) is 4.18.